The van der Waals surface area contributed by atoms with E-state index in [2.05, 4.69) is 167 Å². The summed E-state index contributed by atoms with van der Waals surface area (Å²) < 4.78 is 0. The maximum atomic E-state index is 2.64. The minimum atomic E-state index is 0.278. The van der Waals surface area contributed by atoms with E-state index in [0.717, 1.165) is 39.3 Å². The first-order chi connectivity index (χ1) is 21.7. The molecular formula is C40H42N4. The quantitative estimate of drug-likeness (QED) is 0.164. The van der Waals surface area contributed by atoms with Gasteiger partial charge in [-0.05, 0) is 59.4 Å². The van der Waals surface area contributed by atoms with Gasteiger partial charge in [0, 0.05) is 13.1 Å². The average Bonchev–Trinajstić information content (AvgIpc) is 3.62. The zero-order chi connectivity index (χ0) is 29.9. The van der Waals surface area contributed by atoms with Gasteiger partial charge in [0.2, 0.25) is 0 Å². The van der Waals surface area contributed by atoms with Crippen LogP contribution in [-0.4, -0.2) is 13.3 Å². The van der Waals surface area contributed by atoms with Gasteiger partial charge in [-0.2, -0.15) is 0 Å². The summed E-state index contributed by atoms with van der Waals surface area (Å²) in [5, 5.41) is 0. The standard InChI is InChI=1S/C40H42N4/c1-3-35(43-29-41(27-31-17-7-5-8-18-31)37-23-13-15-25-39(37)43)33-21-11-12-22-34(33)36(4-2)44-30-42(28-32-19-9-6-10-20-32)38-24-14-16-26-40(38)44/h5-26,35-36H,3-4,27-30H2,1-2H3/t35-,36-/m1/s1. The van der Waals surface area contributed by atoms with Crippen molar-refractivity contribution in [3.63, 3.8) is 0 Å². The van der Waals surface area contributed by atoms with E-state index in [-0.39, 0.29) is 12.1 Å². The van der Waals surface area contributed by atoms with Crippen LogP contribution < -0.4 is 19.6 Å². The van der Waals surface area contributed by atoms with Crippen LogP contribution in [-0.2, 0) is 13.1 Å². The zero-order valence-corrected chi connectivity index (χ0v) is 25.9. The molecule has 222 valence electrons. The van der Waals surface area contributed by atoms with Gasteiger partial charge in [-0.25, -0.2) is 0 Å². The highest BCUT2D eigenvalue weighted by Gasteiger charge is 2.35. The number of hydrogen-bond acceptors (Lipinski definition) is 4. The van der Waals surface area contributed by atoms with Crippen molar-refractivity contribution in [2.75, 3.05) is 32.9 Å². The average molecular weight is 579 g/mol. The molecule has 0 saturated carbocycles. The lowest BCUT2D eigenvalue weighted by molar-refractivity contribution is 0.567. The van der Waals surface area contributed by atoms with Gasteiger partial charge < -0.3 is 19.6 Å². The number of hydrogen-bond donors (Lipinski definition) is 0. The smallest absolute Gasteiger partial charge is 0.0913 e. The molecule has 2 aliphatic heterocycles. The molecule has 0 N–H and O–H groups in total. The van der Waals surface area contributed by atoms with Crippen LogP contribution in [0.4, 0.5) is 22.7 Å². The molecule has 44 heavy (non-hydrogen) atoms. The predicted molar refractivity (Wildman–Crippen MR) is 185 cm³/mol. The van der Waals surface area contributed by atoms with Crippen molar-refractivity contribution < 1.29 is 0 Å². The Morgan fingerprint density at radius 1 is 0.432 bits per heavy atom. The van der Waals surface area contributed by atoms with Crippen LogP contribution in [0.25, 0.3) is 0 Å². The minimum Gasteiger partial charge on any atom is -0.348 e. The summed E-state index contributed by atoms with van der Waals surface area (Å²) in [7, 11) is 0. The third kappa shape index (κ3) is 5.30. The largest absolute Gasteiger partial charge is 0.348 e. The van der Waals surface area contributed by atoms with Gasteiger partial charge in [-0.3, -0.25) is 0 Å². The Morgan fingerprint density at radius 2 is 0.773 bits per heavy atom. The molecule has 0 amide bonds. The molecule has 2 heterocycles. The van der Waals surface area contributed by atoms with Crippen molar-refractivity contribution in [2.24, 2.45) is 0 Å². The molecule has 5 aromatic carbocycles. The summed E-state index contributed by atoms with van der Waals surface area (Å²) in [6.07, 6.45) is 2.08. The van der Waals surface area contributed by atoms with Gasteiger partial charge in [0.15, 0.2) is 0 Å². The molecule has 0 fully saturated rings. The van der Waals surface area contributed by atoms with Crippen LogP contribution in [0, 0.1) is 0 Å². The van der Waals surface area contributed by atoms with Gasteiger partial charge in [0.25, 0.3) is 0 Å². The number of fused-ring (bicyclic) bond motifs is 2. The molecule has 0 aromatic heterocycles. The first kappa shape index (κ1) is 28.1. The molecule has 5 aromatic rings. The van der Waals surface area contributed by atoms with E-state index in [4.69, 9.17) is 0 Å². The maximum absolute atomic E-state index is 2.64. The topological polar surface area (TPSA) is 13.0 Å². The lowest BCUT2D eigenvalue weighted by Crippen LogP contribution is -2.36. The number of benzene rings is 5. The molecular weight excluding hydrogens is 536 g/mol. The molecule has 0 spiro atoms. The van der Waals surface area contributed by atoms with E-state index in [9.17, 15) is 0 Å². The van der Waals surface area contributed by atoms with E-state index in [1.54, 1.807) is 0 Å². The Balaban J connectivity index is 1.22. The van der Waals surface area contributed by atoms with Gasteiger partial charge >= 0.3 is 0 Å². The van der Waals surface area contributed by atoms with Gasteiger partial charge in [-0.15, -0.1) is 0 Å². The molecule has 7 rings (SSSR count). The highest BCUT2D eigenvalue weighted by atomic mass is 15.4. The fraction of sp³-hybridized carbons (Fsp3) is 0.250. The predicted octanol–water partition coefficient (Wildman–Crippen LogP) is 9.56. The van der Waals surface area contributed by atoms with Crippen LogP contribution in [0.15, 0.2) is 133 Å². The second-order valence-corrected chi connectivity index (χ2v) is 12.0. The summed E-state index contributed by atoms with van der Waals surface area (Å²) in [6, 6.07) is 49.4. The normalized spacial score (nSPS) is 15.3. The van der Waals surface area contributed by atoms with Gasteiger partial charge in [0.1, 0.15) is 0 Å². The lowest BCUT2D eigenvalue weighted by atomic mass is 9.90. The molecule has 0 unspecified atom stereocenters. The number of nitrogens with zero attached hydrogens (tertiary/aromatic N) is 4. The first-order valence-corrected chi connectivity index (χ1v) is 16.1. The van der Waals surface area contributed by atoms with Crippen molar-refractivity contribution in [3.8, 4) is 0 Å². The van der Waals surface area contributed by atoms with Crippen LogP contribution in [0.5, 0.6) is 0 Å². The molecule has 2 atom stereocenters. The van der Waals surface area contributed by atoms with Crippen molar-refractivity contribution in [2.45, 2.75) is 51.9 Å². The van der Waals surface area contributed by atoms with Crippen molar-refractivity contribution in [3.05, 3.63) is 156 Å². The van der Waals surface area contributed by atoms with E-state index >= 15 is 0 Å². The van der Waals surface area contributed by atoms with Crippen LogP contribution in [0.3, 0.4) is 0 Å². The fourth-order valence-corrected chi connectivity index (χ4v) is 7.37. The third-order valence-electron chi connectivity index (χ3n) is 9.38. The first-order valence-electron chi connectivity index (χ1n) is 16.1. The maximum Gasteiger partial charge on any atom is 0.0913 e. The Labute approximate surface area is 262 Å². The molecule has 4 heteroatoms. The Bertz CT molecular complexity index is 1560. The summed E-state index contributed by atoms with van der Waals surface area (Å²) >= 11 is 0. The third-order valence-corrected chi connectivity index (χ3v) is 9.38. The molecule has 0 radical (unpaired) electrons. The Morgan fingerprint density at radius 3 is 1.16 bits per heavy atom. The van der Waals surface area contributed by atoms with Crippen LogP contribution >= 0.6 is 0 Å². The Kier molecular flexibility index (Phi) is 7.98. The Hall–Kier alpha value is -4.70. The molecule has 0 bridgehead atoms. The molecule has 0 saturated heterocycles. The summed E-state index contributed by atoms with van der Waals surface area (Å²) in [5.41, 5.74) is 10.9. The van der Waals surface area contributed by atoms with Gasteiger partial charge in [-0.1, -0.05) is 123 Å². The minimum absolute atomic E-state index is 0.278. The monoisotopic (exact) mass is 578 g/mol. The van der Waals surface area contributed by atoms with Crippen molar-refractivity contribution in [1.29, 1.82) is 0 Å². The highest BCUT2D eigenvalue weighted by molar-refractivity contribution is 5.78. The SMILES string of the molecule is CC[C@H](c1ccccc1[C@@H](CC)N1CN(Cc2ccccc2)c2ccccc21)N1CN(Cc2ccccc2)c2ccccc21. The van der Waals surface area contributed by atoms with Crippen LogP contribution in [0.2, 0.25) is 0 Å². The second-order valence-electron chi connectivity index (χ2n) is 12.0. The summed E-state index contributed by atoms with van der Waals surface area (Å²) in [5.74, 6) is 0. The molecule has 2 aliphatic rings. The lowest BCUT2D eigenvalue weighted by Gasteiger charge is -2.36. The number of anilines is 4. The van der Waals surface area contributed by atoms with E-state index in [1.807, 2.05) is 0 Å². The molecule has 0 aliphatic carbocycles. The molecule has 4 nitrogen and oxygen atoms in total. The second kappa shape index (κ2) is 12.5. The van der Waals surface area contributed by atoms with Crippen LogP contribution in [0.1, 0.15) is 61.0 Å². The zero-order valence-electron chi connectivity index (χ0n) is 25.9. The fourth-order valence-electron chi connectivity index (χ4n) is 7.37. The van der Waals surface area contributed by atoms with Crippen molar-refractivity contribution >= 4 is 22.7 Å². The van der Waals surface area contributed by atoms with Crippen molar-refractivity contribution in [1.82, 2.24) is 0 Å². The van der Waals surface area contributed by atoms with E-state index in [0.29, 0.717) is 0 Å². The highest BCUT2D eigenvalue weighted by Crippen LogP contribution is 2.47. The van der Waals surface area contributed by atoms with E-state index in [1.165, 1.54) is 45.0 Å². The number of para-hydroxylation sites is 4. The van der Waals surface area contributed by atoms with E-state index < -0.39 is 0 Å². The number of rotatable bonds is 10. The summed E-state index contributed by atoms with van der Waals surface area (Å²) in [6.45, 7) is 8.28. The summed E-state index contributed by atoms with van der Waals surface area (Å²) in [4.78, 5) is 10.4. The van der Waals surface area contributed by atoms with Gasteiger partial charge in [0.05, 0.1) is 48.2 Å².